The number of nitrogens with one attached hydrogen (secondary N) is 2. The Labute approximate surface area is 164 Å². The second kappa shape index (κ2) is 8.08. The van der Waals surface area contributed by atoms with Gasteiger partial charge in [0.25, 0.3) is 0 Å². The molecule has 1 atom stereocenters. The summed E-state index contributed by atoms with van der Waals surface area (Å²) in [4.78, 5) is 42.7. The molecule has 0 bridgehead atoms. The molecule has 0 spiro atoms. The van der Waals surface area contributed by atoms with Gasteiger partial charge in [0.1, 0.15) is 0 Å². The Morgan fingerprint density at radius 1 is 1.04 bits per heavy atom. The fourth-order valence-corrected chi connectivity index (χ4v) is 4.19. The fraction of sp³-hybridized carbons (Fsp3) is 0.550. The van der Waals surface area contributed by atoms with Gasteiger partial charge in [0, 0.05) is 50.6 Å². The number of rotatable bonds is 3. The van der Waals surface area contributed by atoms with Gasteiger partial charge in [0.2, 0.25) is 5.91 Å². The molecular weight excluding hydrogens is 358 g/mol. The van der Waals surface area contributed by atoms with Crippen LogP contribution in [0.2, 0.25) is 0 Å². The first-order valence-electron chi connectivity index (χ1n) is 10.1. The quantitative estimate of drug-likeness (QED) is 0.835. The van der Waals surface area contributed by atoms with Crippen LogP contribution in [0.5, 0.6) is 0 Å². The third kappa shape index (κ3) is 3.90. The average molecular weight is 385 g/mol. The second-order valence-electron chi connectivity index (χ2n) is 7.69. The zero-order chi connectivity index (χ0) is 19.5. The molecule has 2 N–H and O–H groups in total. The van der Waals surface area contributed by atoms with Crippen molar-refractivity contribution in [2.75, 3.05) is 49.5 Å². The normalized spacial score (nSPS) is 22.4. The lowest BCUT2D eigenvalue weighted by atomic mass is 9.97. The van der Waals surface area contributed by atoms with E-state index in [9.17, 15) is 14.4 Å². The molecule has 5 amide bonds. The van der Waals surface area contributed by atoms with Gasteiger partial charge >= 0.3 is 12.1 Å². The number of anilines is 2. The van der Waals surface area contributed by atoms with E-state index in [1.165, 1.54) is 0 Å². The van der Waals surface area contributed by atoms with Crippen molar-refractivity contribution in [1.82, 2.24) is 15.1 Å². The maximum atomic E-state index is 12.8. The minimum absolute atomic E-state index is 0.0667. The molecule has 3 aliphatic rings. The van der Waals surface area contributed by atoms with Crippen LogP contribution in [0.4, 0.5) is 21.0 Å². The van der Waals surface area contributed by atoms with Gasteiger partial charge < -0.3 is 20.4 Å². The van der Waals surface area contributed by atoms with Gasteiger partial charge in [-0.25, -0.2) is 9.59 Å². The Balaban J connectivity index is 1.38. The van der Waals surface area contributed by atoms with E-state index in [0.29, 0.717) is 25.3 Å². The van der Waals surface area contributed by atoms with Crippen LogP contribution >= 0.6 is 0 Å². The van der Waals surface area contributed by atoms with Crippen molar-refractivity contribution < 1.29 is 14.4 Å². The van der Waals surface area contributed by atoms with Crippen molar-refractivity contribution in [1.29, 1.82) is 0 Å². The molecule has 3 fully saturated rings. The van der Waals surface area contributed by atoms with Gasteiger partial charge in [-0.15, -0.1) is 0 Å². The number of carbonyl (C=O) groups is 3. The van der Waals surface area contributed by atoms with Crippen molar-refractivity contribution in [3.05, 3.63) is 24.3 Å². The van der Waals surface area contributed by atoms with Crippen LogP contribution < -0.4 is 15.5 Å². The minimum atomic E-state index is -0.209. The molecule has 3 saturated heterocycles. The standard InChI is InChI=1S/C20H27N5O3/c26-18(15-5-4-11-24(14-15)20(28)23-9-1-2-10-23)22-16-6-3-7-17(13-16)25-12-8-21-19(25)27/h3,6-7,13,15H,1-2,4-5,8-12,14H2,(H,21,27)(H,22,26)/t15-/m1/s1. The Hall–Kier alpha value is -2.77. The lowest BCUT2D eigenvalue weighted by Gasteiger charge is -2.34. The van der Waals surface area contributed by atoms with Crippen LogP contribution in [0, 0.1) is 5.92 Å². The largest absolute Gasteiger partial charge is 0.336 e. The lowest BCUT2D eigenvalue weighted by molar-refractivity contribution is -0.121. The highest BCUT2D eigenvalue weighted by Gasteiger charge is 2.31. The number of hydrogen-bond acceptors (Lipinski definition) is 3. The number of nitrogens with zero attached hydrogens (tertiary/aromatic N) is 3. The summed E-state index contributed by atoms with van der Waals surface area (Å²) in [5.41, 5.74) is 1.44. The summed E-state index contributed by atoms with van der Waals surface area (Å²) in [6.45, 7) is 4.07. The van der Waals surface area contributed by atoms with Crippen LogP contribution in [0.25, 0.3) is 0 Å². The lowest BCUT2D eigenvalue weighted by Crippen LogP contribution is -2.48. The highest BCUT2D eigenvalue weighted by Crippen LogP contribution is 2.24. The summed E-state index contributed by atoms with van der Waals surface area (Å²) < 4.78 is 0. The summed E-state index contributed by atoms with van der Waals surface area (Å²) in [5.74, 6) is -0.277. The van der Waals surface area contributed by atoms with Gasteiger partial charge in [0.05, 0.1) is 5.92 Å². The third-order valence-corrected chi connectivity index (χ3v) is 5.72. The molecule has 4 rings (SSSR count). The predicted molar refractivity (Wildman–Crippen MR) is 106 cm³/mol. The van der Waals surface area contributed by atoms with Crippen molar-refractivity contribution in [2.24, 2.45) is 5.92 Å². The van der Waals surface area contributed by atoms with E-state index in [1.54, 1.807) is 4.90 Å². The molecule has 1 aromatic carbocycles. The Morgan fingerprint density at radius 2 is 1.82 bits per heavy atom. The molecule has 8 nitrogen and oxygen atoms in total. The highest BCUT2D eigenvalue weighted by molar-refractivity contribution is 5.96. The predicted octanol–water partition coefficient (Wildman–Crippen LogP) is 2.08. The van der Waals surface area contributed by atoms with Gasteiger partial charge in [-0.2, -0.15) is 0 Å². The minimum Gasteiger partial charge on any atom is -0.336 e. The number of carbonyl (C=O) groups excluding carboxylic acids is 3. The van der Waals surface area contributed by atoms with Crippen molar-refractivity contribution in [2.45, 2.75) is 25.7 Å². The summed E-state index contributed by atoms with van der Waals surface area (Å²) in [6.07, 6.45) is 3.75. The Bertz CT molecular complexity index is 762. The zero-order valence-corrected chi connectivity index (χ0v) is 16.0. The van der Waals surface area contributed by atoms with Crippen LogP contribution in [-0.4, -0.2) is 67.0 Å². The summed E-state index contributed by atoms with van der Waals surface area (Å²) in [6, 6.07) is 7.28. The molecule has 0 unspecified atom stereocenters. The third-order valence-electron chi connectivity index (χ3n) is 5.72. The smallest absolute Gasteiger partial charge is 0.321 e. The number of piperidine rings is 1. The van der Waals surface area contributed by atoms with Gasteiger partial charge in [-0.05, 0) is 43.9 Å². The first kappa shape index (κ1) is 18.6. The molecule has 1 aromatic rings. The number of hydrogen-bond donors (Lipinski definition) is 2. The maximum absolute atomic E-state index is 12.8. The molecular formula is C20H27N5O3. The van der Waals surface area contributed by atoms with E-state index in [-0.39, 0.29) is 23.9 Å². The first-order valence-corrected chi connectivity index (χ1v) is 10.1. The fourth-order valence-electron chi connectivity index (χ4n) is 4.19. The number of benzene rings is 1. The SMILES string of the molecule is O=C(Nc1cccc(N2CCNC2=O)c1)[C@@H]1CCCN(C(=O)N2CCCC2)C1. The number of amides is 5. The Kier molecular flexibility index (Phi) is 5.36. The van der Waals surface area contributed by atoms with Crippen molar-refractivity contribution in [3.8, 4) is 0 Å². The molecule has 0 aromatic heterocycles. The maximum Gasteiger partial charge on any atom is 0.321 e. The number of likely N-dealkylation sites (tertiary alicyclic amines) is 2. The zero-order valence-electron chi connectivity index (χ0n) is 16.0. The monoisotopic (exact) mass is 385 g/mol. The second-order valence-corrected chi connectivity index (χ2v) is 7.69. The summed E-state index contributed by atoms with van der Waals surface area (Å²) >= 11 is 0. The van der Waals surface area contributed by atoms with E-state index in [4.69, 9.17) is 0 Å². The van der Waals surface area contributed by atoms with Crippen LogP contribution in [0.15, 0.2) is 24.3 Å². The van der Waals surface area contributed by atoms with E-state index in [1.807, 2.05) is 34.1 Å². The molecule has 3 heterocycles. The molecule has 8 heteroatoms. The van der Waals surface area contributed by atoms with Crippen LogP contribution in [0.3, 0.4) is 0 Å². The summed E-state index contributed by atoms with van der Waals surface area (Å²) in [7, 11) is 0. The van der Waals surface area contributed by atoms with E-state index in [0.717, 1.165) is 51.0 Å². The topological polar surface area (TPSA) is 85.0 Å². The summed E-state index contributed by atoms with van der Waals surface area (Å²) in [5, 5.41) is 5.75. The highest BCUT2D eigenvalue weighted by atomic mass is 16.2. The van der Waals surface area contributed by atoms with Crippen LogP contribution in [-0.2, 0) is 4.79 Å². The molecule has 3 aliphatic heterocycles. The van der Waals surface area contributed by atoms with Crippen molar-refractivity contribution in [3.63, 3.8) is 0 Å². The number of urea groups is 2. The molecule has 0 radical (unpaired) electrons. The van der Waals surface area contributed by atoms with Crippen LogP contribution in [0.1, 0.15) is 25.7 Å². The van der Waals surface area contributed by atoms with Crippen molar-refractivity contribution >= 4 is 29.3 Å². The Morgan fingerprint density at radius 3 is 2.57 bits per heavy atom. The van der Waals surface area contributed by atoms with Gasteiger partial charge in [0.15, 0.2) is 0 Å². The molecule has 150 valence electrons. The first-order chi connectivity index (χ1) is 13.6. The van der Waals surface area contributed by atoms with E-state index in [2.05, 4.69) is 10.6 Å². The average Bonchev–Trinajstić information content (AvgIpc) is 3.39. The molecule has 0 aliphatic carbocycles. The van der Waals surface area contributed by atoms with Gasteiger partial charge in [-0.1, -0.05) is 6.07 Å². The van der Waals surface area contributed by atoms with E-state index < -0.39 is 0 Å². The molecule has 0 saturated carbocycles. The van der Waals surface area contributed by atoms with E-state index >= 15 is 0 Å². The molecule has 28 heavy (non-hydrogen) atoms. The van der Waals surface area contributed by atoms with Gasteiger partial charge in [-0.3, -0.25) is 9.69 Å².